The zero-order chi connectivity index (χ0) is 39.7. The van der Waals surface area contributed by atoms with Gasteiger partial charge in [-0.15, -0.1) is 11.7 Å². The number of rotatable bonds is 20. The number of aliphatic hydroxyl groups excluding tert-OH is 2. The average molecular weight is 772 g/mol. The summed E-state index contributed by atoms with van der Waals surface area (Å²) in [6.45, 7) is 8.34. The molecule has 0 radical (unpaired) electrons. The molecule has 0 amide bonds. The molecule has 1 aromatic heterocycles. The van der Waals surface area contributed by atoms with Crippen molar-refractivity contribution in [1.82, 2.24) is 15.0 Å². The van der Waals surface area contributed by atoms with E-state index in [2.05, 4.69) is 29.5 Å². The standard InChI is InChI=1S/C41H49N5O10/c1-4-20-53-30-16-17-36-33(23-30)38-31(11-7-9-19-48)28(10-6-8-18-47)22-32-34(43-55-26-27-12-14-29(15-13-27)46(50)51)24-37(41(56-36,39(32)38)54-21-5-2)45-35(25-42-44-45)40(49)52-3/h4-5,12-17,22-23,25,28,31,37-39,47-48H,1-2,6-11,18-21,24,26H2,3H3. The molecule has 1 aliphatic heterocycles. The molecule has 0 bridgehead atoms. The largest absolute Gasteiger partial charge is 0.490 e. The highest BCUT2D eigenvalue weighted by atomic mass is 16.7. The van der Waals surface area contributed by atoms with Crippen LogP contribution in [0.2, 0.25) is 0 Å². The Hall–Kier alpha value is -5.38. The second kappa shape index (κ2) is 18.5. The van der Waals surface area contributed by atoms with Gasteiger partial charge in [0, 0.05) is 43.2 Å². The number of esters is 1. The van der Waals surface area contributed by atoms with Gasteiger partial charge in [0.25, 0.3) is 5.69 Å². The van der Waals surface area contributed by atoms with Gasteiger partial charge in [-0.25, -0.2) is 9.48 Å². The third-order valence-corrected chi connectivity index (χ3v) is 10.8. The number of nitrogens with zero attached hydrogens (tertiary/aromatic N) is 5. The monoisotopic (exact) mass is 771 g/mol. The third-order valence-electron chi connectivity index (χ3n) is 10.8. The van der Waals surface area contributed by atoms with E-state index in [0.29, 0.717) is 42.2 Å². The van der Waals surface area contributed by atoms with Crippen molar-refractivity contribution in [1.29, 1.82) is 0 Å². The number of nitro benzene ring substituents is 1. The van der Waals surface area contributed by atoms with E-state index in [9.17, 15) is 25.1 Å². The van der Waals surface area contributed by atoms with Crippen LogP contribution in [0, 0.1) is 27.9 Å². The molecule has 1 fully saturated rings. The lowest BCUT2D eigenvalue weighted by Gasteiger charge is -2.58. The first-order valence-electron chi connectivity index (χ1n) is 19.0. The molecule has 2 aromatic carbocycles. The van der Waals surface area contributed by atoms with Crippen LogP contribution in [0.15, 0.2) is 90.8 Å². The van der Waals surface area contributed by atoms with Crippen molar-refractivity contribution in [3.63, 3.8) is 0 Å². The van der Waals surface area contributed by atoms with Crippen LogP contribution < -0.4 is 9.47 Å². The predicted octanol–water partition coefficient (Wildman–Crippen LogP) is 6.24. The van der Waals surface area contributed by atoms with Gasteiger partial charge < -0.3 is 34.0 Å². The lowest BCUT2D eigenvalue weighted by atomic mass is 9.55. The lowest BCUT2D eigenvalue weighted by molar-refractivity contribution is -0.384. The fraction of sp³-hybridized carbons (Fsp3) is 0.463. The lowest BCUT2D eigenvalue weighted by Crippen LogP contribution is -2.63. The van der Waals surface area contributed by atoms with E-state index in [-0.39, 0.29) is 62.0 Å². The Bertz CT molecular complexity index is 1930. The summed E-state index contributed by atoms with van der Waals surface area (Å²) in [5.41, 5.74) is 3.10. The molecular formula is C41H49N5O10. The second-order valence-corrected chi connectivity index (χ2v) is 14.1. The summed E-state index contributed by atoms with van der Waals surface area (Å²) in [7, 11) is 1.29. The van der Waals surface area contributed by atoms with Crippen LogP contribution in [0.1, 0.15) is 78.5 Å². The number of ether oxygens (including phenoxy) is 4. The number of methoxy groups -OCH3 is 1. The number of allylic oxidation sites excluding steroid dienone is 1. The predicted molar refractivity (Wildman–Crippen MR) is 205 cm³/mol. The van der Waals surface area contributed by atoms with Gasteiger partial charge in [0.1, 0.15) is 30.8 Å². The number of carbonyl (C=O) groups excluding carboxylic acids is 1. The molecule has 1 saturated carbocycles. The van der Waals surface area contributed by atoms with Crippen molar-refractivity contribution in [2.24, 2.45) is 22.9 Å². The van der Waals surface area contributed by atoms with Crippen molar-refractivity contribution in [2.75, 3.05) is 33.5 Å². The van der Waals surface area contributed by atoms with Crippen molar-refractivity contribution in [3.05, 3.63) is 113 Å². The van der Waals surface area contributed by atoms with E-state index < -0.39 is 28.6 Å². The highest BCUT2D eigenvalue weighted by molar-refractivity contribution is 6.02. The first kappa shape index (κ1) is 40.3. The van der Waals surface area contributed by atoms with Gasteiger partial charge in [0.2, 0.25) is 5.79 Å². The van der Waals surface area contributed by atoms with Crippen molar-refractivity contribution < 1.29 is 43.7 Å². The van der Waals surface area contributed by atoms with E-state index in [1.165, 1.54) is 30.1 Å². The van der Waals surface area contributed by atoms with Crippen molar-refractivity contribution in [2.45, 2.75) is 69.3 Å². The Kier molecular flexibility index (Phi) is 13.3. The quantitative estimate of drug-likeness (QED) is 0.0433. The summed E-state index contributed by atoms with van der Waals surface area (Å²) >= 11 is 0. The van der Waals surface area contributed by atoms with E-state index in [0.717, 1.165) is 36.8 Å². The maximum absolute atomic E-state index is 13.2. The Labute approximate surface area is 325 Å². The van der Waals surface area contributed by atoms with Crippen LogP contribution in [0.5, 0.6) is 11.5 Å². The smallest absolute Gasteiger partial charge is 0.358 e. The summed E-state index contributed by atoms with van der Waals surface area (Å²) in [5.74, 6) is -1.61. The average Bonchev–Trinajstić information content (AvgIpc) is 3.70. The minimum atomic E-state index is -1.47. The molecule has 6 rings (SSSR count). The zero-order valence-electron chi connectivity index (χ0n) is 31.5. The number of hydrogen-bond donors (Lipinski definition) is 2. The normalized spacial score (nSPS) is 24.2. The van der Waals surface area contributed by atoms with Crippen LogP contribution in [-0.4, -0.2) is 81.1 Å². The van der Waals surface area contributed by atoms with E-state index in [1.807, 2.05) is 18.2 Å². The van der Waals surface area contributed by atoms with Gasteiger partial charge >= 0.3 is 5.97 Å². The topological polar surface area (TPSA) is 190 Å². The number of aliphatic hydroxyl groups is 2. The minimum absolute atomic E-state index is 0.0230. The number of carbonyl (C=O) groups is 1. The van der Waals surface area contributed by atoms with Gasteiger partial charge in [-0.1, -0.05) is 48.0 Å². The van der Waals surface area contributed by atoms with Crippen LogP contribution >= 0.6 is 0 Å². The molecule has 6 atom stereocenters. The van der Waals surface area contributed by atoms with Crippen LogP contribution in [-0.2, 0) is 20.9 Å². The highest BCUT2D eigenvalue weighted by Crippen LogP contribution is 2.63. The molecule has 0 saturated heterocycles. The molecule has 15 nitrogen and oxygen atoms in total. The van der Waals surface area contributed by atoms with Crippen LogP contribution in [0.25, 0.3) is 0 Å². The fourth-order valence-corrected chi connectivity index (χ4v) is 8.45. The van der Waals surface area contributed by atoms with Gasteiger partial charge in [0.05, 0.1) is 36.5 Å². The molecule has 6 unspecified atom stereocenters. The molecular weight excluding hydrogens is 722 g/mol. The fourth-order valence-electron chi connectivity index (χ4n) is 8.45. The van der Waals surface area contributed by atoms with Gasteiger partial charge in [0.15, 0.2) is 5.69 Å². The van der Waals surface area contributed by atoms with Gasteiger partial charge in [-0.3, -0.25) is 10.1 Å². The number of hydrogen-bond acceptors (Lipinski definition) is 13. The van der Waals surface area contributed by atoms with Gasteiger partial charge in [-0.05, 0) is 79.0 Å². The van der Waals surface area contributed by atoms with Gasteiger partial charge in [-0.2, -0.15) is 0 Å². The summed E-state index contributed by atoms with van der Waals surface area (Å²) in [6.07, 6.45) is 11.5. The van der Waals surface area contributed by atoms with Crippen LogP contribution in [0.3, 0.4) is 0 Å². The van der Waals surface area contributed by atoms with Crippen LogP contribution in [0.4, 0.5) is 5.69 Å². The Morgan fingerprint density at radius 3 is 2.54 bits per heavy atom. The number of unbranched alkanes of at least 4 members (excludes halogenated alkanes) is 2. The molecule has 3 aliphatic rings. The zero-order valence-corrected chi connectivity index (χ0v) is 31.5. The number of nitro groups is 1. The summed E-state index contributed by atoms with van der Waals surface area (Å²) in [5, 5.41) is 44.2. The number of non-ortho nitro benzene ring substituents is 1. The Morgan fingerprint density at radius 1 is 1.09 bits per heavy atom. The number of aromatic nitrogens is 3. The molecule has 2 heterocycles. The number of fused-ring (bicyclic) bond motifs is 2. The summed E-state index contributed by atoms with van der Waals surface area (Å²) in [6, 6.07) is 11.0. The molecule has 2 aliphatic carbocycles. The van der Waals surface area contributed by atoms with Crippen molar-refractivity contribution in [3.8, 4) is 11.5 Å². The van der Waals surface area contributed by atoms with Crippen molar-refractivity contribution >= 4 is 17.4 Å². The summed E-state index contributed by atoms with van der Waals surface area (Å²) in [4.78, 5) is 30.0. The molecule has 56 heavy (non-hydrogen) atoms. The molecule has 3 aromatic rings. The SMILES string of the molecule is C=CCOc1ccc2c(c1)C1C(CCCCO)C(CCCCO)C=C3C(=NOCc4ccc([N+](=O)[O-])cc4)CC(n4nncc4C(=O)OC)C(OCC=C)(O2)C31. The Morgan fingerprint density at radius 2 is 1.84 bits per heavy atom. The maximum Gasteiger partial charge on any atom is 0.358 e. The Balaban J connectivity index is 1.57. The van der Waals surface area contributed by atoms with E-state index in [1.54, 1.807) is 24.3 Å². The van der Waals surface area contributed by atoms with E-state index >= 15 is 0 Å². The first-order valence-corrected chi connectivity index (χ1v) is 19.0. The first-order chi connectivity index (χ1) is 27.3. The van der Waals surface area contributed by atoms with E-state index in [4.69, 9.17) is 28.9 Å². The number of oxime groups is 1. The highest BCUT2D eigenvalue weighted by Gasteiger charge is 2.65. The number of benzene rings is 2. The molecule has 298 valence electrons. The molecule has 15 heteroatoms. The summed E-state index contributed by atoms with van der Waals surface area (Å²) < 4.78 is 26.7. The second-order valence-electron chi connectivity index (χ2n) is 14.1. The molecule has 2 N–H and O–H groups in total. The third kappa shape index (κ3) is 8.25. The maximum atomic E-state index is 13.2. The molecule has 0 spiro atoms. The minimum Gasteiger partial charge on any atom is -0.490 e.